The third-order valence-corrected chi connectivity index (χ3v) is 4.43. The molecule has 0 spiro atoms. The summed E-state index contributed by atoms with van der Waals surface area (Å²) in [5.41, 5.74) is 1.06. The van der Waals surface area contributed by atoms with Crippen molar-refractivity contribution in [2.75, 3.05) is 6.61 Å². The fourth-order valence-corrected chi connectivity index (χ4v) is 2.96. The summed E-state index contributed by atoms with van der Waals surface area (Å²) in [6.45, 7) is 2.36. The minimum absolute atomic E-state index is 0.0720. The first-order chi connectivity index (χ1) is 10.7. The summed E-state index contributed by atoms with van der Waals surface area (Å²) < 4.78 is 5.66. The smallest absolute Gasteiger partial charge is 0.249 e. The molecule has 1 amide bonds. The Labute approximate surface area is 132 Å². The Morgan fingerprint density at radius 1 is 1.27 bits per heavy atom. The van der Waals surface area contributed by atoms with Gasteiger partial charge >= 0.3 is 0 Å². The van der Waals surface area contributed by atoms with Crippen LogP contribution in [-0.4, -0.2) is 29.8 Å². The van der Waals surface area contributed by atoms with Crippen LogP contribution in [-0.2, 0) is 16.1 Å². The number of aliphatic hydroxyl groups is 1. The lowest BCUT2D eigenvalue weighted by atomic mass is 9.95. The van der Waals surface area contributed by atoms with Crippen LogP contribution < -0.4 is 5.32 Å². The molecule has 1 saturated carbocycles. The highest BCUT2D eigenvalue weighted by atomic mass is 16.5. The van der Waals surface area contributed by atoms with Gasteiger partial charge in [-0.25, -0.2) is 0 Å². The van der Waals surface area contributed by atoms with E-state index in [0.29, 0.717) is 6.61 Å². The number of amides is 1. The third kappa shape index (κ3) is 5.11. The zero-order valence-electron chi connectivity index (χ0n) is 13.3. The number of ether oxygens (including phenoxy) is 1. The normalized spacial score (nSPS) is 23.5. The third-order valence-electron chi connectivity index (χ3n) is 4.43. The second-order valence-corrected chi connectivity index (χ2v) is 6.13. The number of nitrogens with one attached hydrogen (secondary N) is 1. The molecule has 0 aromatic heterocycles. The van der Waals surface area contributed by atoms with E-state index in [1.54, 1.807) is 6.92 Å². The van der Waals surface area contributed by atoms with E-state index >= 15 is 0 Å². The molecule has 1 aliphatic rings. The molecule has 122 valence electrons. The summed E-state index contributed by atoms with van der Waals surface area (Å²) in [5, 5.41) is 12.6. The maximum Gasteiger partial charge on any atom is 0.249 e. The van der Waals surface area contributed by atoms with Crippen molar-refractivity contribution in [2.45, 2.75) is 57.8 Å². The van der Waals surface area contributed by atoms with Crippen LogP contribution in [0.1, 0.15) is 44.6 Å². The summed E-state index contributed by atoms with van der Waals surface area (Å²) >= 11 is 0. The van der Waals surface area contributed by atoms with Crippen molar-refractivity contribution in [3.8, 4) is 0 Å². The van der Waals surface area contributed by atoms with Crippen LogP contribution in [0.5, 0.6) is 0 Å². The first kappa shape index (κ1) is 17.0. The molecule has 0 radical (unpaired) electrons. The van der Waals surface area contributed by atoms with Crippen LogP contribution in [0.2, 0.25) is 0 Å². The standard InChI is InChI=1S/C18H27NO3/c1-14(22-13-15-8-4-2-5-9-15)18(21)19-17-11-7-3-6-10-16(17)12-20/h2,4-5,8-9,14,16-17,20H,3,6-7,10-13H2,1H3,(H,19,21). The number of rotatable bonds is 6. The minimum Gasteiger partial charge on any atom is -0.396 e. The van der Waals surface area contributed by atoms with E-state index in [-0.39, 0.29) is 24.5 Å². The van der Waals surface area contributed by atoms with Crippen LogP contribution in [0, 0.1) is 5.92 Å². The second kappa shape index (κ2) is 8.91. The highest BCUT2D eigenvalue weighted by Gasteiger charge is 2.26. The summed E-state index contributed by atoms with van der Waals surface area (Å²) in [4.78, 5) is 12.3. The van der Waals surface area contributed by atoms with Crippen LogP contribution in [0.3, 0.4) is 0 Å². The Morgan fingerprint density at radius 2 is 2.00 bits per heavy atom. The Balaban J connectivity index is 1.82. The Kier molecular flexibility index (Phi) is 6.87. The maximum atomic E-state index is 12.3. The molecule has 1 aliphatic carbocycles. The van der Waals surface area contributed by atoms with Gasteiger partial charge in [0.1, 0.15) is 6.10 Å². The van der Waals surface area contributed by atoms with Crippen molar-refractivity contribution >= 4 is 5.91 Å². The van der Waals surface area contributed by atoms with Crippen LogP contribution in [0.4, 0.5) is 0 Å². The van der Waals surface area contributed by atoms with Gasteiger partial charge in [0, 0.05) is 18.6 Å². The van der Waals surface area contributed by atoms with Gasteiger partial charge in [-0.1, -0.05) is 49.6 Å². The van der Waals surface area contributed by atoms with Gasteiger partial charge in [-0.15, -0.1) is 0 Å². The van der Waals surface area contributed by atoms with Gasteiger partial charge < -0.3 is 15.2 Å². The first-order valence-electron chi connectivity index (χ1n) is 8.27. The molecule has 1 aromatic carbocycles. The molecule has 22 heavy (non-hydrogen) atoms. The molecule has 1 fully saturated rings. The minimum atomic E-state index is -0.484. The summed E-state index contributed by atoms with van der Waals surface area (Å²) in [5.74, 6) is 0.0917. The fourth-order valence-electron chi connectivity index (χ4n) is 2.96. The predicted octanol–water partition coefficient (Wildman–Crippen LogP) is 2.65. The lowest BCUT2D eigenvalue weighted by Gasteiger charge is -2.26. The highest BCUT2D eigenvalue weighted by Crippen LogP contribution is 2.23. The van der Waals surface area contributed by atoms with E-state index in [9.17, 15) is 9.90 Å². The molecule has 0 aliphatic heterocycles. The average Bonchev–Trinajstić information content (AvgIpc) is 2.78. The van der Waals surface area contributed by atoms with Gasteiger partial charge in [-0.2, -0.15) is 0 Å². The van der Waals surface area contributed by atoms with Crippen molar-refractivity contribution < 1.29 is 14.6 Å². The Hall–Kier alpha value is -1.39. The summed E-state index contributed by atoms with van der Waals surface area (Å²) in [6.07, 6.45) is 4.88. The van der Waals surface area contributed by atoms with Crippen molar-refractivity contribution in [1.29, 1.82) is 0 Å². The predicted molar refractivity (Wildman–Crippen MR) is 86.3 cm³/mol. The molecule has 3 unspecified atom stereocenters. The molecule has 2 rings (SSSR count). The van der Waals surface area contributed by atoms with Crippen LogP contribution >= 0.6 is 0 Å². The molecule has 4 nitrogen and oxygen atoms in total. The summed E-state index contributed by atoms with van der Waals surface area (Å²) in [6, 6.07) is 9.92. The van der Waals surface area contributed by atoms with Crippen LogP contribution in [0.25, 0.3) is 0 Å². The van der Waals surface area contributed by atoms with E-state index < -0.39 is 6.10 Å². The molecule has 0 saturated heterocycles. The topological polar surface area (TPSA) is 58.6 Å². The Morgan fingerprint density at radius 3 is 2.73 bits per heavy atom. The number of hydrogen-bond acceptors (Lipinski definition) is 3. The van der Waals surface area contributed by atoms with Gasteiger partial charge in [0.05, 0.1) is 6.61 Å². The van der Waals surface area contributed by atoms with E-state index in [0.717, 1.165) is 31.2 Å². The number of carbonyl (C=O) groups is 1. The monoisotopic (exact) mass is 305 g/mol. The average molecular weight is 305 g/mol. The van der Waals surface area contributed by atoms with Gasteiger partial charge in [0.15, 0.2) is 0 Å². The van der Waals surface area contributed by atoms with E-state index in [4.69, 9.17) is 4.74 Å². The Bertz CT molecular complexity index is 449. The SMILES string of the molecule is CC(OCc1ccccc1)C(=O)NC1CCCCCC1CO. The van der Waals surface area contributed by atoms with Crippen molar-refractivity contribution in [3.05, 3.63) is 35.9 Å². The van der Waals surface area contributed by atoms with Crippen LogP contribution in [0.15, 0.2) is 30.3 Å². The van der Waals surface area contributed by atoms with Crippen molar-refractivity contribution in [3.63, 3.8) is 0 Å². The molecule has 4 heteroatoms. The fraction of sp³-hybridized carbons (Fsp3) is 0.611. The first-order valence-corrected chi connectivity index (χ1v) is 8.27. The maximum absolute atomic E-state index is 12.3. The number of benzene rings is 1. The molecular formula is C18H27NO3. The highest BCUT2D eigenvalue weighted by molar-refractivity contribution is 5.80. The van der Waals surface area contributed by atoms with Gasteiger partial charge in [0.2, 0.25) is 5.91 Å². The molecular weight excluding hydrogens is 278 g/mol. The van der Waals surface area contributed by atoms with Gasteiger partial charge in [-0.05, 0) is 25.3 Å². The quantitative estimate of drug-likeness (QED) is 0.794. The number of aliphatic hydroxyl groups excluding tert-OH is 1. The molecule has 0 bridgehead atoms. The lowest BCUT2D eigenvalue weighted by molar-refractivity contribution is -0.133. The molecule has 0 heterocycles. The van der Waals surface area contributed by atoms with Crippen molar-refractivity contribution in [2.24, 2.45) is 5.92 Å². The van der Waals surface area contributed by atoms with E-state index in [1.807, 2.05) is 30.3 Å². The summed E-state index contributed by atoms with van der Waals surface area (Å²) in [7, 11) is 0. The molecule has 3 atom stereocenters. The molecule has 2 N–H and O–H groups in total. The van der Waals surface area contributed by atoms with E-state index in [2.05, 4.69) is 5.32 Å². The number of carbonyl (C=O) groups excluding carboxylic acids is 1. The second-order valence-electron chi connectivity index (χ2n) is 6.13. The van der Waals surface area contributed by atoms with Crippen molar-refractivity contribution in [1.82, 2.24) is 5.32 Å². The van der Waals surface area contributed by atoms with Gasteiger partial charge in [-0.3, -0.25) is 4.79 Å². The van der Waals surface area contributed by atoms with Gasteiger partial charge in [0.25, 0.3) is 0 Å². The zero-order valence-corrected chi connectivity index (χ0v) is 13.3. The zero-order chi connectivity index (χ0) is 15.8. The lowest BCUT2D eigenvalue weighted by Crippen LogP contribution is -2.45. The number of hydrogen-bond donors (Lipinski definition) is 2. The largest absolute Gasteiger partial charge is 0.396 e. The molecule has 1 aromatic rings. The van der Waals surface area contributed by atoms with E-state index in [1.165, 1.54) is 6.42 Å².